The number of carbonyl (C=O) groups is 3. The zero-order valence-corrected chi connectivity index (χ0v) is 29.8. The van der Waals surface area contributed by atoms with Crippen molar-refractivity contribution in [3.05, 3.63) is 117 Å². The van der Waals surface area contributed by atoms with Crippen molar-refractivity contribution in [3.63, 3.8) is 0 Å². The van der Waals surface area contributed by atoms with Gasteiger partial charge >= 0.3 is 6.09 Å². The maximum absolute atomic E-state index is 13.5. The molecule has 5 aromatic rings. The SMILES string of the molecule is Cc1c(-c2ccn3c(=O)c(C=O)cnc3c2)cccc1-c1cccc(-c2ccc3c(c2)CCC3N(C[C@@H]2CCC(=O)N2)C(=O)OC(C)(C)C)c1Cl. The van der Waals surface area contributed by atoms with Crippen molar-refractivity contribution in [1.29, 1.82) is 0 Å². The summed E-state index contributed by atoms with van der Waals surface area (Å²) in [4.78, 5) is 55.4. The van der Waals surface area contributed by atoms with E-state index in [1.165, 1.54) is 10.6 Å². The number of ether oxygens (including phenoxy) is 1. The van der Waals surface area contributed by atoms with Gasteiger partial charge in [-0.1, -0.05) is 66.2 Å². The van der Waals surface area contributed by atoms with Crippen molar-refractivity contribution in [2.45, 2.75) is 71.1 Å². The van der Waals surface area contributed by atoms with Gasteiger partial charge in [-0.25, -0.2) is 9.78 Å². The number of rotatable bonds is 7. The van der Waals surface area contributed by atoms with Gasteiger partial charge in [-0.2, -0.15) is 0 Å². The Morgan fingerprint density at radius 3 is 2.43 bits per heavy atom. The molecule has 1 saturated heterocycles. The normalized spacial score (nSPS) is 16.9. The number of benzene rings is 3. The number of hydrogen-bond donors (Lipinski definition) is 1. The predicted octanol–water partition coefficient (Wildman–Crippen LogP) is 7.97. The molecule has 3 heterocycles. The molecule has 10 heteroatoms. The van der Waals surface area contributed by atoms with E-state index in [0.29, 0.717) is 36.3 Å². The summed E-state index contributed by atoms with van der Waals surface area (Å²) in [6.07, 6.45) is 5.80. The van der Waals surface area contributed by atoms with E-state index in [9.17, 15) is 19.2 Å². The summed E-state index contributed by atoms with van der Waals surface area (Å²) in [5, 5.41) is 3.64. The fourth-order valence-electron chi connectivity index (χ4n) is 7.33. The molecule has 1 fully saturated rings. The predicted molar refractivity (Wildman–Crippen MR) is 198 cm³/mol. The largest absolute Gasteiger partial charge is 0.444 e. The summed E-state index contributed by atoms with van der Waals surface area (Å²) in [5.41, 5.74) is 8.30. The number of carbonyl (C=O) groups excluding carboxylic acids is 3. The number of hydrogen-bond acceptors (Lipinski definition) is 6. The summed E-state index contributed by atoms with van der Waals surface area (Å²) < 4.78 is 7.21. The molecule has 3 aromatic carbocycles. The second-order valence-electron chi connectivity index (χ2n) is 14.3. The second kappa shape index (κ2) is 13.5. The molecule has 1 unspecified atom stereocenters. The van der Waals surface area contributed by atoms with Crippen LogP contribution in [0.5, 0.6) is 0 Å². The van der Waals surface area contributed by atoms with Gasteiger partial charge in [0.15, 0.2) is 6.29 Å². The molecule has 0 radical (unpaired) electrons. The topological polar surface area (TPSA) is 110 Å². The van der Waals surface area contributed by atoms with E-state index in [-0.39, 0.29) is 29.6 Å². The lowest BCUT2D eigenvalue weighted by atomic mass is 9.91. The molecule has 0 bridgehead atoms. The quantitative estimate of drug-likeness (QED) is 0.172. The summed E-state index contributed by atoms with van der Waals surface area (Å²) in [7, 11) is 0. The van der Waals surface area contributed by atoms with E-state index in [0.717, 1.165) is 62.9 Å². The van der Waals surface area contributed by atoms with E-state index in [1.54, 1.807) is 11.1 Å². The fraction of sp³-hybridized carbons (Fsp3) is 0.293. The highest BCUT2D eigenvalue weighted by Crippen LogP contribution is 2.43. The number of halogens is 1. The first kappa shape index (κ1) is 34.2. The van der Waals surface area contributed by atoms with Crippen molar-refractivity contribution in [2.75, 3.05) is 6.54 Å². The van der Waals surface area contributed by atoms with Gasteiger partial charge < -0.3 is 10.1 Å². The molecular weight excluding hydrogens is 664 g/mol. The molecule has 2 amide bonds. The molecule has 51 heavy (non-hydrogen) atoms. The summed E-state index contributed by atoms with van der Waals surface area (Å²) in [6.45, 7) is 8.04. The smallest absolute Gasteiger partial charge is 0.410 e. The average Bonchev–Trinajstić information content (AvgIpc) is 3.72. The first-order valence-electron chi connectivity index (χ1n) is 17.2. The molecule has 1 N–H and O–H groups in total. The van der Waals surface area contributed by atoms with E-state index >= 15 is 0 Å². The van der Waals surface area contributed by atoms with Gasteiger partial charge in [-0.3, -0.25) is 23.7 Å². The molecule has 0 saturated carbocycles. The van der Waals surface area contributed by atoms with Gasteiger partial charge in [0, 0.05) is 42.5 Å². The van der Waals surface area contributed by atoms with Crippen molar-refractivity contribution >= 4 is 35.5 Å². The lowest BCUT2D eigenvalue weighted by Gasteiger charge is -2.33. The van der Waals surface area contributed by atoms with Crippen LogP contribution in [0.1, 0.15) is 73.1 Å². The van der Waals surface area contributed by atoms with Crippen molar-refractivity contribution in [1.82, 2.24) is 19.6 Å². The van der Waals surface area contributed by atoms with E-state index in [2.05, 4.69) is 41.5 Å². The van der Waals surface area contributed by atoms with E-state index < -0.39 is 11.2 Å². The molecule has 1 aliphatic carbocycles. The van der Waals surface area contributed by atoms with Gasteiger partial charge in [0.2, 0.25) is 5.91 Å². The third-order valence-corrected chi connectivity index (χ3v) is 10.2. The molecule has 260 valence electrons. The zero-order chi connectivity index (χ0) is 36.0. The highest BCUT2D eigenvalue weighted by molar-refractivity contribution is 6.36. The lowest BCUT2D eigenvalue weighted by Crippen LogP contribution is -2.45. The van der Waals surface area contributed by atoms with Crippen LogP contribution in [0.3, 0.4) is 0 Å². The van der Waals surface area contributed by atoms with E-state index in [4.69, 9.17) is 16.3 Å². The van der Waals surface area contributed by atoms with Crippen LogP contribution in [-0.4, -0.2) is 50.8 Å². The molecule has 9 nitrogen and oxygen atoms in total. The Morgan fingerprint density at radius 2 is 1.71 bits per heavy atom. The van der Waals surface area contributed by atoms with Crippen LogP contribution in [0.15, 0.2) is 83.9 Å². The Hall–Kier alpha value is -5.28. The minimum absolute atomic E-state index is 0.00882. The molecular formula is C41H39ClN4O5. The van der Waals surface area contributed by atoms with Crippen LogP contribution in [0.2, 0.25) is 5.02 Å². The summed E-state index contributed by atoms with van der Waals surface area (Å²) >= 11 is 7.23. The van der Waals surface area contributed by atoms with Crippen molar-refractivity contribution in [2.24, 2.45) is 0 Å². The minimum atomic E-state index is -0.644. The summed E-state index contributed by atoms with van der Waals surface area (Å²) in [6, 6.07) is 21.9. The maximum atomic E-state index is 13.5. The highest BCUT2D eigenvalue weighted by Gasteiger charge is 2.36. The second-order valence-corrected chi connectivity index (χ2v) is 14.7. The molecule has 2 atom stereocenters. The monoisotopic (exact) mass is 702 g/mol. The third-order valence-electron chi connectivity index (χ3n) is 9.80. The Morgan fingerprint density at radius 1 is 0.980 bits per heavy atom. The number of nitrogens with zero attached hydrogens (tertiary/aromatic N) is 3. The number of pyridine rings is 1. The number of aromatic nitrogens is 2. The molecule has 2 aliphatic rings. The van der Waals surface area contributed by atoms with Gasteiger partial charge in [0.1, 0.15) is 11.2 Å². The first-order chi connectivity index (χ1) is 24.4. The van der Waals surface area contributed by atoms with Crippen LogP contribution < -0.4 is 10.9 Å². The minimum Gasteiger partial charge on any atom is -0.444 e. The highest BCUT2D eigenvalue weighted by atomic mass is 35.5. The number of fused-ring (bicyclic) bond motifs is 2. The van der Waals surface area contributed by atoms with Gasteiger partial charge in [0.05, 0.1) is 16.6 Å². The van der Waals surface area contributed by atoms with Gasteiger partial charge in [-0.05, 0) is 98.0 Å². The fourth-order valence-corrected chi connectivity index (χ4v) is 7.67. The Labute approximate surface area is 301 Å². The van der Waals surface area contributed by atoms with E-state index in [1.807, 2.05) is 63.2 Å². The molecule has 0 spiro atoms. The maximum Gasteiger partial charge on any atom is 0.410 e. The lowest BCUT2D eigenvalue weighted by molar-refractivity contribution is -0.119. The van der Waals surface area contributed by atoms with Crippen molar-refractivity contribution in [3.8, 4) is 33.4 Å². The Balaban J connectivity index is 1.20. The van der Waals surface area contributed by atoms with Crippen LogP contribution in [0, 0.1) is 6.92 Å². The van der Waals surface area contributed by atoms with Crippen LogP contribution in [-0.2, 0) is 16.0 Å². The summed E-state index contributed by atoms with van der Waals surface area (Å²) in [5.74, 6) is 0.0145. The van der Waals surface area contributed by atoms with Crippen molar-refractivity contribution < 1.29 is 19.1 Å². The average molecular weight is 703 g/mol. The number of aryl methyl sites for hydroxylation is 1. The number of amides is 2. The molecule has 7 rings (SSSR count). The molecule has 1 aliphatic heterocycles. The number of nitrogens with one attached hydrogen (secondary N) is 1. The third kappa shape index (κ3) is 6.66. The standard InChI is InChI=1S/C41H39ClN4O5/c1-24-30(27-17-18-45-36(20-27)43-21-28(23-47)39(45)49)7-5-8-31(24)34-10-6-9-33(38(34)42)26-11-14-32-25(19-26)12-15-35(32)46(40(50)51-41(2,3)4)22-29-13-16-37(48)44-29/h5-11,14,17-21,23,29,35H,12-13,15-16,22H2,1-4H3,(H,44,48)/t29-,35?/m0/s1. The molecule has 2 aromatic heterocycles. The van der Waals surface area contributed by atoms with Gasteiger partial charge in [-0.15, -0.1) is 0 Å². The number of aldehydes is 1. The zero-order valence-electron chi connectivity index (χ0n) is 29.0. The van der Waals surface area contributed by atoms with Crippen LogP contribution in [0.4, 0.5) is 4.79 Å². The first-order valence-corrected chi connectivity index (χ1v) is 17.6. The van der Waals surface area contributed by atoms with Gasteiger partial charge in [0.25, 0.3) is 5.56 Å². The van der Waals surface area contributed by atoms with Crippen LogP contribution in [0.25, 0.3) is 39.0 Å². The Kier molecular flexibility index (Phi) is 9.01. The van der Waals surface area contributed by atoms with Crippen LogP contribution >= 0.6 is 11.6 Å². The Bertz CT molecular complexity index is 2270.